The van der Waals surface area contributed by atoms with Crippen LogP contribution >= 0.6 is 0 Å². The van der Waals surface area contributed by atoms with Crippen LogP contribution in [0, 0.1) is 23.0 Å². The molecule has 0 unspecified atom stereocenters. The first kappa shape index (κ1) is 30.3. The van der Waals surface area contributed by atoms with E-state index in [1.54, 1.807) is 5.32 Å². The Bertz CT molecular complexity index is 1530. The highest BCUT2D eigenvalue weighted by atomic mass is 19.4. The number of nitrogens with one attached hydrogen (secondary N) is 2. The normalized spacial score (nSPS) is 15.5. The maximum atomic E-state index is 14.9. The number of nitrogens with zero attached hydrogens (tertiary/aromatic N) is 5. The summed E-state index contributed by atoms with van der Waals surface area (Å²) in [7, 11) is 0. The number of hydrogen-bond donors (Lipinski definition) is 2. The minimum Gasteiger partial charge on any atom is -0.452 e. The number of amides is 1. The lowest BCUT2D eigenvalue weighted by Gasteiger charge is -2.50. The van der Waals surface area contributed by atoms with Crippen molar-refractivity contribution in [2.75, 3.05) is 18.0 Å². The summed E-state index contributed by atoms with van der Waals surface area (Å²) in [5, 5.41) is 21.4. The number of benzene rings is 1. The molecule has 0 aliphatic carbocycles. The van der Waals surface area contributed by atoms with E-state index >= 15 is 0 Å². The van der Waals surface area contributed by atoms with Gasteiger partial charge in [-0.25, -0.2) is 13.6 Å². The lowest BCUT2D eigenvalue weighted by atomic mass is 9.86. The number of halogens is 8. The van der Waals surface area contributed by atoms with Gasteiger partial charge in [0.15, 0.2) is 0 Å². The van der Waals surface area contributed by atoms with Crippen LogP contribution in [0.4, 0.5) is 40.8 Å². The van der Waals surface area contributed by atoms with Crippen LogP contribution in [-0.4, -0.2) is 63.3 Å². The smallest absolute Gasteiger partial charge is 0.452 e. The number of carbonyl (C=O) groups excluding carboxylic acids is 2. The molecule has 0 spiro atoms. The molecular formula is C24H19F8N7O3. The number of alkyl halides is 6. The van der Waals surface area contributed by atoms with Crippen molar-refractivity contribution < 1.29 is 49.4 Å². The number of carbonyl (C=O) groups is 2. The van der Waals surface area contributed by atoms with Gasteiger partial charge in [0.05, 0.1) is 29.9 Å². The van der Waals surface area contributed by atoms with Crippen LogP contribution in [0.5, 0.6) is 0 Å². The number of hydrogen-bond acceptors (Lipinski definition) is 7. The summed E-state index contributed by atoms with van der Waals surface area (Å²) in [5.74, 6) is -6.22. The van der Waals surface area contributed by atoms with Crippen molar-refractivity contribution in [1.29, 1.82) is 5.26 Å². The maximum Gasteiger partial charge on any atom is 0.490 e. The third-order valence-electron chi connectivity index (χ3n) is 6.51. The predicted octanol–water partition coefficient (Wildman–Crippen LogP) is 3.97. The van der Waals surface area contributed by atoms with Gasteiger partial charge in [-0.05, 0) is 13.0 Å². The van der Waals surface area contributed by atoms with E-state index in [0.717, 1.165) is 0 Å². The van der Waals surface area contributed by atoms with Gasteiger partial charge < -0.3 is 15.0 Å². The van der Waals surface area contributed by atoms with E-state index in [9.17, 15) is 50.0 Å². The minimum absolute atomic E-state index is 0.0389. The van der Waals surface area contributed by atoms with E-state index in [1.807, 2.05) is 6.07 Å². The van der Waals surface area contributed by atoms with Crippen molar-refractivity contribution >= 4 is 17.6 Å². The largest absolute Gasteiger partial charge is 0.490 e. The molecule has 0 bridgehead atoms. The molecule has 1 aliphatic heterocycles. The number of esters is 1. The Hall–Kier alpha value is -4.69. The molecule has 10 nitrogen and oxygen atoms in total. The van der Waals surface area contributed by atoms with Crippen LogP contribution in [0.15, 0.2) is 30.7 Å². The van der Waals surface area contributed by atoms with Gasteiger partial charge >= 0.3 is 18.3 Å². The molecule has 3 heterocycles. The summed E-state index contributed by atoms with van der Waals surface area (Å²) in [5.41, 5.74) is -1.74. The number of nitriles is 1. The zero-order valence-corrected chi connectivity index (χ0v) is 21.3. The number of H-pyrrole nitrogens is 1. The van der Waals surface area contributed by atoms with Crippen molar-refractivity contribution in [2.45, 2.75) is 43.9 Å². The summed E-state index contributed by atoms with van der Waals surface area (Å²) < 4.78 is 111. The summed E-state index contributed by atoms with van der Waals surface area (Å²) in [6.45, 7) is -0.300. The third-order valence-corrected chi connectivity index (χ3v) is 6.51. The fourth-order valence-corrected chi connectivity index (χ4v) is 4.24. The van der Waals surface area contributed by atoms with E-state index in [2.05, 4.69) is 20.0 Å². The van der Waals surface area contributed by atoms with Crippen molar-refractivity contribution in [3.63, 3.8) is 0 Å². The highest BCUT2D eigenvalue weighted by Crippen LogP contribution is 2.38. The molecule has 1 amide bonds. The first-order valence-corrected chi connectivity index (χ1v) is 11.9. The van der Waals surface area contributed by atoms with Crippen molar-refractivity contribution in [3.05, 3.63) is 53.6 Å². The number of aromatic amines is 1. The Morgan fingerprint density at radius 1 is 1.19 bits per heavy atom. The number of anilines is 1. The standard InChI is InChI=1S/C24H19F8N7O3/c1-12(23(27,28)29)36-20(40)14-4-17(26)19(5-16(14)25)38-10-22(11-38,2-3-33)39-8-13(6-35-39)15-7-34-37-18(15)9-42-21(41)24(30,31)32/h4-8,12H,2,9-11H2,1H3,(H,34,37)(H,36,40)/t12-/m0/s1. The number of ether oxygens (including phenoxy) is 1. The van der Waals surface area contributed by atoms with Gasteiger partial charge in [-0.3, -0.25) is 14.6 Å². The van der Waals surface area contributed by atoms with Gasteiger partial charge in [-0.1, -0.05) is 0 Å². The van der Waals surface area contributed by atoms with Crippen LogP contribution in [-0.2, 0) is 21.7 Å². The van der Waals surface area contributed by atoms with Crippen LogP contribution in [0.3, 0.4) is 0 Å². The Kier molecular flexibility index (Phi) is 7.89. The first-order valence-electron chi connectivity index (χ1n) is 11.9. The summed E-state index contributed by atoms with van der Waals surface area (Å²) in [6, 6.07) is 0.814. The van der Waals surface area contributed by atoms with Gasteiger partial charge in [-0.15, -0.1) is 0 Å². The molecule has 0 radical (unpaired) electrons. The summed E-state index contributed by atoms with van der Waals surface area (Å²) in [6.07, 6.45) is -6.04. The predicted molar refractivity (Wildman–Crippen MR) is 125 cm³/mol. The molecule has 1 saturated heterocycles. The van der Waals surface area contributed by atoms with Crippen LogP contribution in [0.25, 0.3) is 11.1 Å². The van der Waals surface area contributed by atoms with Gasteiger partial charge in [0.25, 0.3) is 5.91 Å². The van der Waals surface area contributed by atoms with Crippen molar-refractivity contribution in [2.24, 2.45) is 0 Å². The lowest BCUT2D eigenvalue weighted by Crippen LogP contribution is -2.63. The number of aromatic nitrogens is 4. The van der Waals surface area contributed by atoms with Gasteiger partial charge in [-0.2, -0.15) is 41.8 Å². The fraction of sp³-hybridized carbons (Fsp3) is 0.375. The van der Waals surface area contributed by atoms with E-state index in [1.165, 1.54) is 28.2 Å². The molecule has 2 aromatic heterocycles. The SMILES string of the molecule is C[C@H](NC(=O)c1cc(F)c(N2CC(CC#N)(n3cc(-c4c[nH]nc4COC(=O)C(F)(F)F)cn3)C2)cc1F)C(F)(F)F. The Labute approximate surface area is 230 Å². The zero-order valence-electron chi connectivity index (χ0n) is 21.3. The van der Waals surface area contributed by atoms with Crippen LogP contribution < -0.4 is 10.2 Å². The van der Waals surface area contributed by atoms with Crippen molar-refractivity contribution in [3.8, 4) is 17.2 Å². The minimum atomic E-state index is -5.19. The van der Waals surface area contributed by atoms with E-state index in [-0.39, 0.29) is 36.5 Å². The molecule has 42 heavy (non-hydrogen) atoms. The van der Waals surface area contributed by atoms with Gasteiger partial charge in [0.1, 0.15) is 35.5 Å². The second-order valence-corrected chi connectivity index (χ2v) is 9.43. The van der Waals surface area contributed by atoms with Crippen LogP contribution in [0.1, 0.15) is 29.4 Å². The second kappa shape index (κ2) is 10.9. The van der Waals surface area contributed by atoms with Crippen molar-refractivity contribution in [1.82, 2.24) is 25.3 Å². The molecule has 1 atom stereocenters. The van der Waals surface area contributed by atoms with Gasteiger partial charge in [0.2, 0.25) is 0 Å². The third kappa shape index (κ3) is 5.99. The molecule has 224 valence electrons. The average molecular weight is 605 g/mol. The molecule has 0 saturated carbocycles. The zero-order chi connectivity index (χ0) is 31.0. The molecule has 1 aliphatic rings. The van der Waals surface area contributed by atoms with E-state index in [4.69, 9.17) is 0 Å². The molecule has 3 aromatic rings. The average Bonchev–Trinajstić information content (AvgIpc) is 3.54. The Morgan fingerprint density at radius 2 is 1.88 bits per heavy atom. The first-order chi connectivity index (χ1) is 19.6. The quantitative estimate of drug-likeness (QED) is 0.294. The highest BCUT2D eigenvalue weighted by molar-refractivity contribution is 5.95. The van der Waals surface area contributed by atoms with Gasteiger partial charge in [0, 0.05) is 42.7 Å². The highest BCUT2D eigenvalue weighted by Gasteiger charge is 2.47. The molecule has 2 N–H and O–H groups in total. The lowest BCUT2D eigenvalue weighted by molar-refractivity contribution is -0.201. The summed E-state index contributed by atoms with van der Waals surface area (Å²) >= 11 is 0. The van der Waals surface area contributed by atoms with Crippen LogP contribution in [0.2, 0.25) is 0 Å². The monoisotopic (exact) mass is 605 g/mol. The summed E-state index contributed by atoms with van der Waals surface area (Å²) in [4.78, 5) is 24.5. The molecular weight excluding hydrogens is 586 g/mol. The molecule has 1 aromatic carbocycles. The molecule has 18 heteroatoms. The Balaban J connectivity index is 1.51. The van der Waals surface area contributed by atoms with E-state index < -0.39 is 59.6 Å². The van der Waals surface area contributed by atoms with E-state index in [0.29, 0.717) is 24.6 Å². The number of rotatable bonds is 8. The molecule has 4 rings (SSSR count). The molecule has 1 fully saturated rings. The topological polar surface area (TPSA) is 129 Å². The fourth-order valence-electron chi connectivity index (χ4n) is 4.24. The maximum absolute atomic E-state index is 14.9. The second-order valence-electron chi connectivity index (χ2n) is 9.43. The Morgan fingerprint density at radius 3 is 2.50 bits per heavy atom.